The van der Waals surface area contributed by atoms with Crippen molar-refractivity contribution < 1.29 is 4.74 Å². The zero-order valence-corrected chi connectivity index (χ0v) is 7.44. The second-order valence-corrected chi connectivity index (χ2v) is 3.11. The molecule has 0 aliphatic carbocycles. The van der Waals surface area contributed by atoms with Crippen molar-refractivity contribution in [2.75, 3.05) is 19.7 Å². The van der Waals surface area contributed by atoms with Crippen molar-refractivity contribution in [2.45, 2.75) is 38.7 Å². The largest absolute Gasteiger partial charge is 0.378 e. The molecular formula is C9H19NO. The van der Waals surface area contributed by atoms with Gasteiger partial charge in [0.2, 0.25) is 0 Å². The van der Waals surface area contributed by atoms with Gasteiger partial charge in [-0.25, -0.2) is 0 Å². The van der Waals surface area contributed by atoms with Crippen LogP contribution in [0.5, 0.6) is 0 Å². The van der Waals surface area contributed by atoms with Crippen molar-refractivity contribution in [3.8, 4) is 0 Å². The lowest BCUT2D eigenvalue weighted by atomic mass is 10.1. The lowest BCUT2D eigenvalue weighted by Crippen LogP contribution is -2.26. The Morgan fingerprint density at radius 3 is 3.00 bits per heavy atom. The fraction of sp³-hybridized carbons (Fsp3) is 1.00. The Morgan fingerprint density at radius 2 is 2.18 bits per heavy atom. The van der Waals surface area contributed by atoms with Gasteiger partial charge in [-0.1, -0.05) is 0 Å². The maximum atomic E-state index is 5.58. The minimum atomic E-state index is 0.521. The Morgan fingerprint density at radius 1 is 1.27 bits per heavy atom. The van der Waals surface area contributed by atoms with Gasteiger partial charge in [0, 0.05) is 6.61 Å². The smallest absolute Gasteiger partial charge is 0.0587 e. The van der Waals surface area contributed by atoms with E-state index in [9.17, 15) is 0 Å². The summed E-state index contributed by atoms with van der Waals surface area (Å²) in [4.78, 5) is 0. The van der Waals surface area contributed by atoms with Crippen LogP contribution in [0.3, 0.4) is 0 Å². The van der Waals surface area contributed by atoms with Crippen molar-refractivity contribution in [2.24, 2.45) is 0 Å². The summed E-state index contributed by atoms with van der Waals surface area (Å²) in [5, 5.41) is 3.40. The number of hydrogen-bond donors (Lipinski definition) is 1. The number of rotatable bonds is 2. The molecule has 1 rings (SSSR count). The molecule has 1 fully saturated rings. The predicted octanol–water partition coefficient (Wildman–Crippen LogP) is 1.56. The van der Waals surface area contributed by atoms with E-state index in [0.717, 1.165) is 13.2 Å². The Bertz CT molecular complexity index is 87.6. The van der Waals surface area contributed by atoms with Crippen molar-refractivity contribution in [3.05, 3.63) is 0 Å². The van der Waals surface area contributed by atoms with Crippen LogP contribution in [0.1, 0.15) is 32.6 Å². The van der Waals surface area contributed by atoms with E-state index < -0.39 is 0 Å². The van der Waals surface area contributed by atoms with E-state index in [1.165, 1.54) is 32.2 Å². The van der Waals surface area contributed by atoms with Crippen molar-refractivity contribution >= 4 is 0 Å². The molecule has 0 bridgehead atoms. The number of ether oxygens (including phenoxy) is 1. The van der Waals surface area contributed by atoms with Crippen molar-refractivity contribution in [1.29, 1.82) is 0 Å². The van der Waals surface area contributed by atoms with E-state index in [1.54, 1.807) is 0 Å². The first-order valence-corrected chi connectivity index (χ1v) is 4.76. The van der Waals surface area contributed by atoms with E-state index in [0.29, 0.717) is 6.10 Å². The zero-order chi connectivity index (χ0) is 7.94. The summed E-state index contributed by atoms with van der Waals surface area (Å²) in [6, 6.07) is 0. The van der Waals surface area contributed by atoms with Crippen LogP contribution in [-0.2, 0) is 4.74 Å². The highest BCUT2D eigenvalue weighted by molar-refractivity contribution is 4.64. The molecule has 1 aliphatic heterocycles. The minimum Gasteiger partial charge on any atom is -0.378 e. The number of hydrogen-bond acceptors (Lipinski definition) is 2. The third kappa shape index (κ3) is 3.73. The molecule has 0 radical (unpaired) electrons. The van der Waals surface area contributed by atoms with Crippen LogP contribution >= 0.6 is 0 Å². The summed E-state index contributed by atoms with van der Waals surface area (Å²) in [6.07, 6.45) is 5.60. The van der Waals surface area contributed by atoms with E-state index in [-0.39, 0.29) is 0 Å². The van der Waals surface area contributed by atoms with Gasteiger partial charge in [-0.2, -0.15) is 0 Å². The average Bonchev–Trinajstić information content (AvgIpc) is 1.94. The second kappa shape index (κ2) is 5.56. The molecule has 0 aromatic rings. The van der Waals surface area contributed by atoms with Crippen LogP contribution in [0.25, 0.3) is 0 Å². The first kappa shape index (κ1) is 9.01. The molecule has 1 saturated heterocycles. The van der Waals surface area contributed by atoms with E-state index in [2.05, 4.69) is 12.2 Å². The summed E-state index contributed by atoms with van der Waals surface area (Å²) in [7, 11) is 0. The molecule has 66 valence electrons. The molecule has 1 unspecified atom stereocenters. The van der Waals surface area contributed by atoms with Gasteiger partial charge in [0.05, 0.1) is 6.10 Å². The second-order valence-electron chi connectivity index (χ2n) is 3.11. The van der Waals surface area contributed by atoms with Gasteiger partial charge in [0.1, 0.15) is 0 Å². The maximum absolute atomic E-state index is 5.58. The van der Waals surface area contributed by atoms with E-state index in [1.807, 2.05) is 0 Å². The van der Waals surface area contributed by atoms with Crippen LogP contribution in [0.15, 0.2) is 0 Å². The highest BCUT2D eigenvalue weighted by Gasteiger charge is 2.09. The summed E-state index contributed by atoms with van der Waals surface area (Å²) < 4.78 is 5.58. The topological polar surface area (TPSA) is 21.3 Å². The Hall–Kier alpha value is -0.0800. The van der Waals surface area contributed by atoms with Crippen LogP contribution in [0.4, 0.5) is 0 Å². The van der Waals surface area contributed by atoms with Crippen molar-refractivity contribution in [1.82, 2.24) is 5.32 Å². The summed E-state index contributed by atoms with van der Waals surface area (Å²) in [5.74, 6) is 0. The molecule has 1 N–H and O–H groups in total. The van der Waals surface area contributed by atoms with Gasteiger partial charge >= 0.3 is 0 Å². The van der Waals surface area contributed by atoms with Crippen LogP contribution in [0.2, 0.25) is 0 Å². The first-order valence-electron chi connectivity index (χ1n) is 4.76. The summed E-state index contributed by atoms with van der Waals surface area (Å²) in [6.45, 7) is 5.26. The third-order valence-corrected chi connectivity index (χ3v) is 2.18. The van der Waals surface area contributed by atoms with E-state index in [4.69, 9.17) is 4.74 Å². The summed E-state index contributed by atoms with van der Waals surface area (Å²) >= 11 is 0. The van der Waals surface area contributed by atoms with E-state index >= 15 is 0 Å². The fourth-order valence-corrected chi connectivity index (χ4v) is 1.56. The summed E-state index contributed by atoms with van der Waals surface area (Å²) in [5.41, 5.74) is 0. The molecule has 1 aliphatic rings. The maximum Gasteiger partial charge on any atom is 0.0587 e. The van der Waals surface area contributed by atoms with Crippen molar-refractivity contribution in [3.63, 3.8) is 0 Å². The normalized spacial score (nSPS) is 27.5. The zero-order valence-electron chi connectivity index (χ0n) is 7.44. The fourth-order valence-electron chi connectivity index (χ4n) is 1.56. The van der Waals surface area contributed by atoms with Gasteiger partial charge in [-0.15, -0.1) is 0 Å². The number of nitrogens with one attached hydrogen (secondary N) is 1. The van der Waals surface area contributed by atoms with Gasteiger partial charge in [-0.05, 0) is 45.7 Å². The Balaban J connectivity index is 2.15. The minimum absolute atomic E-state index is 0.521. The molecular weight excluding hydrogens is 138 g/mol. The molecule has 0 spiro atoms. The molecule has 0 aromatic carbocycles. The molecule has 2 nitrogen and oxygen atoms in total. The lowest BCUT2D eigenvalue weighted by Gasteiger charge is -2.19. The quantitative estimate of drug-likeness (QED) is 0.656. The monoisotopic (exact) mass is 157 g/mol. The molecule has 11 heavy (non-hydrogen) atoms. The Kier molecular flexibility index (Phi) is 4.55. The molecule has 0 aromatic heterocycles. The lowest BCUT2D eigenvalue weighted by molar-refractivity contribution is 0.0466. The molecule has 1 atom stereocenters. The molecule has 0 saturated carbocycles. The van der Waals surface area contributed by atoms with Crippen LogP contribution in [-0.4, -0.2) is 25.8 Å². The predicted molar refractivity (Wildman–Crippen MR) is 46.8 cm³/mol. The van der Waals surface area contributed by atoms with Gasteiger partial charge in [0.15, 0.2) is 0 Å². The SMILES string of the molecule is CCOC1CCCCNCC1. The van der Waals surface area contributed by atoms with Gasteiger partial charge in [0.25, 0.3) is 0 Å². The third-order valence-electron chi connectivity index (χ3n) is 2.18. The first-order chi connectivity index (χ1) is 5.43. The molecule has 1 heterocycles. The molecule has 2 heteroatoms. The highest BCUT2D eigenvalue weighted by Crippen LogP contribution is 2.10. The Labute approximate surface area is 69.3 Å². The van der Waals surface area contributed by atoms with Crippen LogP contribution < -0.4 is 5.32 Å². The van der Waals surface area contributed by atoms with Gasteiger partial charge < -0.3 is 10.1 Å². The standard InChI is InChI=1S/C9H19NO/c1-2-11-9-5-3-4-7-10-8-6-9/h9-10H,2-8H2,1H3. The van der Waals surface area contributed by atoms with Gasteiger partial charge in [-0.3, -0.25) is 0 Å². The molecule has 0 amide bonds. The average molecular weight is 157 g/mol. The van der Waals surface area contributed by atoms with Crippen LogP contribution in [0, 0.1) is 0 Å². The highest BCUT2D eigenvalue weighted by atomic mass is 16.5.